The van der Waals surface area contributed by atoms with Crippen molar-refractivity contribution in [2.45, 2.75) is 38.8 Å². The Bertz CT molecular complexity index is 1030. The van der Waals surface area contributed by atoms with Crippen LogP contribution in [-0.2, 0) is 11.3 Å². The Labute approximate surface area is 194 Å². The van der Waals surface area contributed by atoms with Gasteiger partial charge in [0.2, 0.25) is 5.91 Å². The Balaban J connectivity index is 1.70. The fraction of sp³-hybridized carbons (Fsp3) is 0.417. The smallest absolute Gasteiger partial charge is 0.246 e. The number of nitrogens with two attached hydrogens (primary N) is 1. The van der Waals surface area contributed by atoms with Crippen molar-refractivity contribution in [1.82, 2.24) is 14.9 Å². The normalized spacial score (nSPS) is 17.3. The number of nitrogens with one attached hydrogen (secondary N) is 2. The molecule has 1 aromatic carbocycles. The number of methoxy groups -OCH3 is 2. The van der Waals surface area contributed by atoms with Gasteiger partial charge >= 0.3 is 0 Å². The second-order valence-corrected chi connectivity index (χ2v) is 8.17. The third-order valence-electron chi connectivity index (χ3n) is 6.06. The molecule has 1 heterocycles. The van der Waals surface area contributed by atoms with Gasteiger partial charge in [-0.25, -0.2) is 9.97 Å². The first kappa shape index (κ1) is 24.0. The molecule has 0 radical (unpaired) electrons. The molecule has 0 saturated heterocycles. The van der Waals surface area contributed by atoms with Gasteiger partial charge < -0.3 is 30.8 Å². The van der Waals surface area contributed by atoms with E-state index in [1.807, 2.05) is 23.1 Å². The standard InChI is InChI=1S/C24H32N6O3/c1-5-21(31)30(13-17-7-9-19(32-3)11-20(17)33-4)18-8-6-16(10-18)12-27-24-22(15(2)25)23(26)28-14-29-24/h5,7,9,11,14,16,18,25H,1,6,8,10,12-13H2,2-4H3,(H3,26,27,28,29). The van der Waals surface area contributed by atoms with E-state index >= 15 is 0 Å². The molecule has 1 saturated carbocycles. The Hall–Kier alpha value is -3.62. The number of nitrogens with zero attached hydrogens (tertiary/aromatic N) is 3. The van der Waals surface area contributed by atoms with E-state index in [9.17, 15) is 4.79 Å². The van der Waals surface area contributed by atoms with Crippen LogP contribution in [0.2, 0.25) is 0 Å². The molecule has 4 N–H and O–H groups in total. The number of benzene rings is 1. The Morgan fingerprint density at radius 3 is 2.79 bits per heavy atom. The molecule has 1 aromatic heterocycles. The highest BCUT2D eigenvalue weighted by molar-refractivity contribution is 6.04. The number of aromatic nitrogens is 2. The summed E-state index contributed by atoms with van der Waals surface area (Å²) in [6.45, 7) is 6.47. The van der Waals surface area contributed by atoms with Crippen LogP contribution in [0.4, 0.5) is 11.6 Å². The minimum Gasteiger partial charge on any atom is -0.497 e. The number of ether oxygens (including phenoxy) is 2. The molecule has 0 spiro atoms. The van der Waals surface area contributed by atoms with E-state index < -0.39 is 0 Å². The molecular formula is C24H32N6O3. The number of rotatable bonds is 10. The number of hydrogen-bond donors (Lipinski definition) is 3. The second kappa shape index (κ2) is 10.8. The second-order valence-electron chi connectivity index (χ2n) is 8.17. The summed E-state index contributed by atoms with van der Waals surface area (Å²) in [5, 5.41) is 11.3. The summed E-state index contributed by atoms with van der Waals surface area (Å²) in [6.07, 6.45) is 5.48. The molecule has 0 aliphatic heterocycles. The Morgan fingerprint density at radius 1 is 1.33 bits per heavy atom. The molecule has 1 aliphatic rings. The first-order valence-electron chi connectivity index (χ1n) is 10.9. The molecule has 1 fully saturated rings. The lowest BCUT2D eigenvalue weighted by atomic mass is 10.1. The molecule has 0 bridgehead atoms. The first-order chi connectivity index (χ1) is 15.9. The van der Waals surface area contributed by atoms with Crippen LogP contribution in [0.3, 0.4) is 0 Å². The number of nitrogen functional groups attached to an aromatic ring is 1. The van der Waals surface area contributed by atoms with Gasteiger partial charge in [-0.1, -0.05) is 6.58 Å². The molecule has 3 rings (SSSR count). The molecule has 2 unspecified atom stereocenters. The van der Waals surface area contributed by atoms with Crippen LogP contribution < -0.4 is 20.5 Å². The van der Waals surface area contributed by atoms with Gasteiger partial charge in [-0.15, -0.1) is 0 Å². The first-order valence-corrected chi connectivity index (χ1v) is 10.9. The molecule has 2 atom stereocenters. The third kappa shape index (κ3) is 5.60. The van der Waals surface area contributed by atoms with Crippen molar-refractivity contribution >= 4 is 23.3 Å². The molecular weight excluding hydrogens is 420 g/mol. The van der Waals surface area contributed by atoms with Crippen molar-refractivity contribution in [3.05, 3.63) is 48.3 Å². The van der Waals surface area contributed by atoms with E-state index in [2.05, 4.69) is 21.9 Å². The van der Waals surface area contributed by atoms with Crippen molar-refractivity contribution < 1.29 is 14.3 Å². The highest BCUT2D eigenvalue weighted by Gasteiger charge is 2.32. The summed E-state index contributed by atoms with van der Waals surface area (Å²) in [6, 6.07) is 5.71. The number of hydrogen-bond acceptors (Lipinski definition) is 8. The van der Waals surface area contributed by atoms with E-state index in [1.54, 1.807) is 21.1 Å². The highest BCUT2D eigenvalue weighted by Crippen LogP contribution is 2.33. The van der Waals surface area contributed by atoms with Crippen molar-refractivity contribution in [2.24, 2.45) is 5.92 Å². The lowest BCUT2D eigenvalue weighted by molar-refractivity contribution is -0.128. The summed E-state index contributed by atoms with van der Waals surface area (Å²) in [5.74, 6) is 2.50. The van der Waals surface area contributed by atoms with Gasteiger partial charge in [0.1, 0.15) is 29.5 Å². The lowest BCUT2D eigenvalue weighted by Crippen LogP contribution is -2.37. The fourth-order valence-electron chi connectivity index (χ4n) is 4.33. The van der Waals surface area contributed by atoms with Gasteiger partial charge in [-0.3, -0.25) is 4.79 Å². The van der Waals surface area contributed by atoms with Gasteiger partial charge in [0.25, 0.3) is 0 Å². The van der Waals surface area contributed by atoms with Crippen molar-refractivity contribution in [1.29, 1.82) is 5.41 Å². The number of anilines is 2. The molecule has 9 nitrogen and oxygen atoms in total. The van der Waals surface area contributed by atoms with Gasteiger partial charge in [0, 0.05) is 36.5 Å². The number of carbonyl (C=O) groups is 1. The average Bonchev–Trinajstić information content (AvgIpc) is 3.29. The molecule has 1 aliphatic carbocycles. The summed E-state index contributed by atoms with van der Waals surface area (Å²) in [4.78, 5) is 22.9. The van der Waals surface area contributed by atoms with Crippen LogP contribution in [0.1, 0.15) is 37.3 Å². The van der Waals surface area contributed by atoms with Crippen molar-refractivity contribution in [3.8, 4) is 11.5 Å². The molecule has 33 heavy (non-hydrogen) atoms. The van der Waals surface area contributed by atoms with Gasteiger partial charge in [-0.2, -0.15) is 0 Å². The number of carbonyl (C=O) groups excluding carboxylic acids is 1. The summed E-state index contributed by atoms with van der Waals surface area (Å²) < 4.78 is 10.8. The lowest BCUT2D eigenvalue weighted by Gasteiger charge is -2.29. The summed E-state index contributed by atoms with van der Waals surface area (Å²) >= 11 is 0. The van der Waals surface area contributed by atoms with Gasteiger partial charge in [0.15, 0.2) is 0 Å². The topological polar surface area (TPSA) is 126 Å². The predicted molar refractivity (Wildman–Crippen MR) is 129 cm³/mol. The SMILES string of the molecule is C=CC(=O)N(Cc1ccc(OC)cc1OC)C1CCC(CNc2ncnc(N)c2C(C)=N)C1. The highest BCUT2D eigenvalue weighted by atomic mass is 16.5. The van der Waals surface area contributed by atoms with Crippen molar-refractivity contribution in [3.63, 3.8) is 0 Å². The quantitative estimate of drug-likeness (QED) is 0.373. The maximum absolute atomic E-state index is 12.7. The monoisotopic (exact) mass is 452 g/mol. The summed E-state index contributed by atoms with van der Waals surface area (Å²) in [7, 11) is 3.22. The van der Waals surface area contributed by atoms with Crippen LogP contribution >= 0.6 is 0 Å². The fourth-order valence-corrected chi connectivity index (χ4v) is 4.33. The minimum absolute atomic E-state index is 0.0912. The molecule has 2 aromatic rings. The van der Waals surface area contributed by atoms with E-state index in [0.717, 1.165) is 24.8 Å². The zero-order chi connectivity index (χ0) is 24.0. The van der Waals surface area contributed by atoms with Gasteiger partial charge in [0.05, 0.1) is 19.8 Å². The number of amides is 1. The van der Waals surface area contributed by atoms with E-state index in [-0.39, 0.29) is 11.9 Å². The molecule has 176 valence electrons. The largest absolute Gasteiger partial charge is 0.497 e. The zero-order valence-electron chi connectivity index (χ0n) is 19.4. The van der Waals surface area contributed by atoms with E-state index in [1.165, 1.54) is 12.4 Å². The minimum atomic E-state index is -0.100. The van der Waals surface area contributed by atoms with Crippen LogP contribution in [0, 0.1) is 11.3 Å². The molecule has 9 heteroatoms. The van der Waals surface area contributed by atoms with Crippen molar-refractivity contribution in [2.75, 3.05) is 31.8 Å². The van der Waals surface area contributed by atoms with E-state index in [4.69, 9.17) is 20.6 Å². The van der Waals surface area contributed by atoms with Crippen LogP contribution in [0.25, 0.3) is 0 Å². The van der Waals surface area contributed by atoms with Crippen LogP contribution in [-0.4, -0.2) is 53.3 Å². The maximum Gasteiger partial charge on any atom is 0.246 e. The maximum atomic E-state index is 12.7. The predicted octanol–water partition coefficient (Wildman–Crippen LogP) is 3.26. The third-order valence-corrected chi connectivity index (χ3v) is 6.06. The molecule has 1 amide bonds. The average molecular weight is 453 g/mol. The Kier molecular flexibility index (Phi) is 7.87. The Morgan fingerprint density at radius 2 is 2.12 bits per heavy atom. The van der Waals surface area contributed by atoms with Crippen LogP contribution in [0.5, 0.6) is 11.5 Å². The zero-order valence-corrected chi connectivity index (χ0v) is 19.4. The van der Waals surface area contributed by atoms with Crippen LogP contribution in [0.15, 0.2) is 37.2 Å². The van der Waals surface area contributed by atoms with E-state index in [0.29, 0.717) is 53.4 Å². The summed E-state index contributed by atoms with van der Waals surface area (Å²) in [5.41, 5.74) is 7.69. The van der Waals surface area contributed by atoms with Gasteiger partial charge in [-0.05, 0) is 50.3 Å².